The summed E-state index contributed by atoms with van der Waals surface area (Å²) in [5, 5.41) is 9.54. The summed E-state index contributed by atoms with van der Waals surface area (Å²) in [7, 11) is 2.99. The molecular formula is C13H19NO4. The van der Waals surface area contributed by atoms with Gasteiger partial charge in [-0.3, -0.25) is 4.98 Å². The van der Waals surface area contributed by atoms with E-state index in [4.69, 9.17) is 14.2 Å². The van der Waals surface area contributed by atoms with Gasteiger partial charge in [0.25, 0.3) is 0 Å². The van der Waals surface area contributed by atoms with Crippen molar-refractivity contribution in [2.75, 3.05) is 14.2 Å². The van der Waals surface area contributed by atoms with Crippen LogP contribution in [0.4, 0.5) is 0 Å². The molecule has 1 aromatic rings. The van der Waals surface area contributed by atoms with Crippen LogP contribution in [0, 0.1) is 0 Å². The van der Waals surface area contributed by atoms with Gasteiger partial charge in [-0.05, 0) is 25.7 Å². The second kappa shape index (κ2) is 6.02. The van der Waals surface area contributed by atoms with Crippen molar-refractivity contribution >= 4 is 0 Å². The van der Waals surface area contributed by atoms with Crippen LogP contribution in [0.2, 0.25) is 0 Å². The Bertz CT molecular complexity index is 391. The van der Waals surface area contributed by atoms with E-state index < -0.39 is 6.29 Å². The van der Waals surface area contributed by atoms with Crippen LogP contribution in [0.25, 0.3) is 0 Å². The maximum atomic E-state index is 9.54. The molecule has 2 rings (SSSR count). The van der Waals surface area contributed by atoms with Crippen LogP contribution in [0.5, 0.6) is 11.5 Å². The average Bonchev–Trinajstić information content (AvgIpc) is 2.91. The highest BCUT2D eigenvalue weighted by Gasteiger charge is 2.19. The van der Waals surface area contributed by atoms with Crippen molar-refractivity contribution in [1.29, 1.82) is 0 Å². The van der Waals surface area contributed by atoms with Gasteiger partial charge in [0.05, 0.1) is 25.1 Å². The molecule has 0 saturated heterocycles. The molecule has 5 heteroatoms. The largest absolute Gasteiger partial charge is 0.493 e. The SMILES string of the molecule is COc1cc(C(O)OC)ncc1OC1CCCC1. The predicted molar refractivity (Wildman–Crippen MR) is 65.6 cm³/mol. The molecule has 0 aliphatic heterocycles. The molecular weight excluding hydrogens is 234 g/mol. The smallest absolute Gasteiger partial charge is 0.198 e. The fourth-order valence-electron chi connectivity index (χ4n) is 2.13. The third-order valence-electron chi connectivity index (χ3n) is 3.14. The predicted octanol–water partition coefficient (Wildman–Crippen LogP) is 2.05. The lowest BCUT2D eigenvalue weighted by atomic mass is 10.3. The summed E-state index contributed by atoms with van der Waals surface area (Å²) in [6.45, 7) is 0. The minimum absolute atomic E-state index is 0.249. The van der Waals surface area contributed by atoms with Crippen molar-refractivity contribution < 1.29 is 19.3 Å². The zero-order chi connectivity index (χ0) is 13.0. The number of aliphatic hydroxyl groups is 1. The molecule has 0 amide bonds. The summed E-state index contributed by atoms with van der Waals surface area (Å²) < 4.78 is 15.9. The van der Waals surface area contributed by atoms with Gasteiger partial charge in [0.2, 0.25) is 0 Å². The number of aliphatic hydroxyl groups excluding tert-OH is 1. The fourth-order valence-corrected chi connectivity index (χ4v) is 2.13. The second-order valence-electron chi connectivity index (χ2n) is 4.37. The van der Waals surface area contributed by atoms with Gasteiger partial charge in [-0.1, -0.05) is 0 Å². The van der Waals surface area contributed by atoms with E-state index in [-0.39, 0.29) is 6.10 Å². The molecule has 0 radical (unpaired) electrons. The highest BCUT2D eigenvalue weighted by Crippen LogP contribution is 2.32. The third-order valence-corrected chi connectivity index (χ3v) is 3.14. The molecule has 0 spiro atoms. The molecule has 1 aliphatic rings. The molecule has 1 aromatic heterocycles. The van der Waals surface area contributed by atoms with E-state index in [1.54, 1.807) is 19.4 Å². The molecule has 1 N–H and O–H groups in total. The van der Waals surface area contributed by atoms with Crippen molar-refractivity contribution in [3.63, 3.8) is 0 Å². The molecule has 18 heavy (non-hydrogen) atoms. The molecule has 5 nitrogen and oxygen atoms in total. The lowest BCUT2D eigenvalue weighted by Crippen LogP contribution is -2.12. The van der Waals surface area contributed by atoms with Crippen molar-refractivity contribution in [2.24, 2.45) is 0 Å². The monoisotopic (exact) mass is 253 g/mol. The number of hydrogen-bond donors (Lipinski definition) is 1. The highest BCUT2D eigenvalue weighted by molar-refractivity contribution is 5.39. The maximum Gasteiger partial charge on any atom is 0.198 e. The number of rotatable bonds is 5. The molecule has 100 valence electrons. The summed E-state index contributed by atoms with van der Waals surface area (Å²) in [4.78, 5) is 4.12. The first-order valence-electron chi connectivity index (χ1n) is 6.16. The van der Waals surface area contributed by atoms with Crippen LogP contribution in [0.3, 0.4) is 0 Å². The molecule has 0 aromatic carbocycles. The van der Waals surface area contributed by atoms with E-state index in [9.17, 15) is 5.11 Å². The molecule has 1 fully saturated rings. The van der Waals surface area contributed by atoms with Crippen molar-refractivity contribution in [1.82, 2.24) is 4.98 Å². The Balaban J connectivity index is 2.14. The average molecular weight is 253 g/mol. The topological polar surface area (TPSA) is 60.8 Å². The van der Waals surface area contributed by atoms with Gasteiger partial charge in [-0.2, -0.15) is 0 Å². The first-order chi connectivity index (χ1) is 8.74. The number of nitrogens with zero attached hydrogens (tertiary/aromatic N) is 1. The minimum atomic E-state index is -1.04. The van der Waals surface area contributed by atoms with Crippen molar-refractivity contribution in [3.05, 3.63) is 18.0 Å². The molecule has 1 saturated carbocycles. The first-order valence-corrected chi connectivity index (χ1v) is 6.16. The Morgan fingerprint density at radius 1 is 1.28 bits per heavy atom. The number of pyridine rings is 1. The Morgan fingerprint density at radius 3 is 2.61 bits per heavy atom. The van der Waals surface area contributed by atoms with Gasteiger partial charge in [-0.25, -0.2) is 0 Å². The molecule has 0 bridgehead atoms. The lowest BCUT2D eigenvalue weighted by Gasteiger charge is -2.17. The van der Waals surface area contributed by atoms with Crippen LogP contribution in [0.15, 0.2) is 12.3 Å². The van der Waals surface area contributed by atoms with Gasteiger partial charge in [0.15, 0.2) is 17.8 Å². The summed E-state index contributed by atoms with van der Waals surface area (Å²) in [6, 6.07) is 1.64. The van der Waals surface area contributed by atoms with Crippen LogP contribution >= 0.6 is 0 Å². The van der Waals surface area contributed by atoms with E-state index >= 15 is 0 Å². The zero-order valence-electron chi connectivity index (χ0n) is 10.8. The van der Waals surface area contributed by atoms with Crippen molar-refractivity contribution in [3.8, 4) is 11.5 Å². The Kier molecular flexibility index (Phi) is 4.38. The maximum absolute atomic E-state index is 9.54. The van der Waals surface area contributed by atoms with Crippen molar-refractivity contribution in [2.45, 2.75) is 38.1 Å². The fraction of sp³-hybridized carbons (Fsp3) is 0.615. The highest BCUT2D eigenvalue weighted by atomic mass is 16.6. The van der Waals surface area contributed by atoms with E-state index in [1.165, 1.54) is 20.0 Å². The van der Waals surface area contributed by atoms with Crippen LogP contribution in [-0.4, -0.2) is 30.4 Å². The quantitative estimate of drug-likeness (QED) is 0.814. The number of hydrogen-bond acceptors (Lipinski definition) is 5. The lowest BCUT2D eigenvalue weighted by molar-refractivity contribution is -0.0800. The Hall–Kier alpha value is -1.33. The van der Waals surface area contributed by atoms with Crippen LogP contribution in [0.1, 0.15) is 37.7 Å². The van der Waals surface area contributed by atoms with E-state index in [0.717, 1.165) is 12.8 Å². The van der Waals surface area contributed by atoms with E-state index in [2.05, 4.69) is 4.98 Å². The molecule has 1 unspecified atom stereocenters. The molecule has 1 atom stereocenters. The zero-order valence-corrected chi connectivity index (χ0v) is 10.8. The third kappa shape index (κ3) is 2.91. The van der Waals surface area contributed by atoms with Gasteiger partial charge >= 0.3 is 0 Å². The number of methoxy groups -OCH3 is 2. The Labute approximate surface area is 107 Å². The second-order valence-corrected chi connectivity index (χ2v) is 4.37. The van der Waals surface area contributed by atoms with E-state index in [0.29, 0.717) is 17.2 Å². The summed E-state index contributed by atoms with van der Waals surface area (Å²) in [6.07, 6.45) is 5.35. The number of ether oxygens (including phenoxy) is 3. The molecule has 1 heterocycles. The van der Waals surface area contributed by atoms with Crippen LogP contribution in [-0.2, 0) is 4.74 Å². The van der Waals surface area contributed by atoms with Gasteiger partial charge in [-0.15, -0.1) is 0 Å². The summed E-state index contributed by atoms with van der Waals surface area (Å²) in [5.41, 5.74) is 0.410. The van der Waals surface area contributed by atoms with Gasteiger partial charge in [0, 0.05) is 13.2 Å². The van der Waals surface area contributed by atoms with Crippen LogP contribution < -0.4 is 9.47 Å². The first kappa shape index (κ1) is 13.1. The summed E-state index contributed by atoms with van der Waals surface area (Å²) >= 11 is 0. The Morgan fingerprint density at radius 2 is 2.00 bits per heavy atom. The molecule has 1 aliphatic carbocycles. The van der Waals surface area contributed by atoms with E-state index in [1.807, 2.05) is 0 Å². The standard InChI is InChI=1S/C13H19NO4/c1-16-11-7-10(13(15)17-2)14-8-12(11)18-9-5-3-4-6-9/h7-9,13,15H,3-6H2,1-2H3. The normalized spacial score (nSPS) is 17.7. The van der Waals surface area contributed by atoms with Gasteiger partial charge < -0.3 is 19.3 Å². The van der Waals surface area contributed by atoms with Gasteiger partial charge in [0.1, 0.15) is 0 Å². The summed E-state index contributed by atoms with van der Waals surface area (Å²) in [5.74, 6) is 1.19. The minimum Gasteiger partial charge on any atom is -0.493 e. The number of aromatic nitrogens is 1.